The van der Waals surface area contributed by atoms with E-state index in [0.717, 1.165) is 41.7 Å². The monoisotopic (exact) mass is 354 g/mol. The van der Waals surface area contributed by atoms with Crippen molar-refractivity contribution >= 4 is 33.5 Å². The van der Waals surface area contributed by atoms with Crippen molar-refractivity contribution in [3.05, 3.63) is 28.7 Å². The number of amides is 1. The van der Waals surface area contributed by atoms with Crippen LogP contribution >= 0.6 is 15.9 Å². The highest BCUT2D eigenvalue weighted by molar-refractivity contribution is 9.10. The van der Waals surface area contributed by atoms with E-state index >= 15 is 0 Å². The van der Waals surface area contributed by atoms with Crippen molar-refractivity contribution in [1.29, 1.82) is 0 Å². The zero-order valence-corrected chi connectivity index (χ0v) is 13.3. The molecule has 1 amide bonds. The molecule has 0 saturated carbocycles. The van der Waals surface area contributed by atoms with Crippen LogP contribution in [-0.4, -0.2) is 31.0 Å². The number of anilines is 1. The minimum atomic E-state index is -1.14. The smallest absolute Gasteiger partial charge is 0.230 e. The van der Waals surface area contributed by atoms with Crippen LogP contribution in [0.2, 0.25) is 0 Å². The van der Waals surface area contributed by atoms with Gasteiger partial charge in [-0.15, -0.1) is 0 Å². The van der Waals surface area contributed by atoms with Crippen LogP contribution in [0.5, 0.6) is 0 Å². The summed E-state index contributed by atoms with van der Waals surface area (Å²) in [4.78, 5) is 24.4. The SMILES string of the molecule is O=C(C[C@@H](C(=O)[O-])[NH+]1CCCCC1)Nc1ccccc1Br. The lowest BCUT2D eigenvalue weighted by atomic mass is 10.1. The highest BCUT2D eigenvalue weighted by atomic mass is 79.9. The van der Waals surface area contributed by atoms with Gasteiger partial charge in [0.15, 0.2) is 0 Å². The van der Waals surface area contributed by atoms with E-state index in [-0.39, 0.29) is 12.3 Å². The second kappa shape index (κ2) is 7.56. The number of rotatable bonds is 5. The van der Waals surface area contributed by atoms with Crippen LogP contribution in [-0.2, 0) is 9.59 Å². The number of aliphatic carboxylic acids is 1. The molecule has 2 rings (SSSR count). The molecular weight excluding hydrogens is 336 g/mol. The number of hydrogen-bond acceptors (Lipinski definition) is 3. The predicted octanol–water partition coefficient (Wildman–Crippen LogP) is -0.0350. The first-order chi connectivity index (χ1) is 10.1. The first kappa shape index (κ1) is 16.0. The molecule has 1 atom stereocenters. The summed E-state index contributed by atoms with van der Waals surface area (Å²) in [6, 6.07) is 6.48. The summed E-state index contributed by atoms with van der Waals surface area (Å²) in [7, 11) is 0. The van der Waals surface area contributed by atoms with Crippen molar-refractivity contribution in [2.24, 2.45) is 0 Å². The summed E-state index contributed by atoms with van der Waals surface area (Å²) in [5.74, 6) is -1.44. The van der Waals surface area contributed by atoms with Gasteiger partial charge in [-0.3, -0.25) is 4.79 Å². The molecule has 1 fully saturated rings. The Morgan fingerprint density at radius 3 is 2.52 bits per heavy atom. The fraction of sp³-hybridized carbons (Fsp3) is 0.467. The lowest BCUT2D eigenvalue weighted by molar-refractivity contribution is -0.922. The van der Waals surface area contributed by atoms with Gasteiger partial charge in [-0.25, -0.2) is 0 Å². The Labute approximate surface area is 132 Å². The van der Waals surface area contributed by atoms with Gasteiger partial charge in [0.2, 0.25) is 5.91 Å². The maximum Gasteiger partial charge on any atom is 0.230 e. The van der Waals surface area contributed by atoms with Gasteiger partial charge in [-0.1, -0.05) is 12.1 Å². The van der Waals surface area contributed by atoms with Gasteiger partial charge in [0, 0.05) is 4.47 Å². The van der Waals surface area contributed by atoms with Crippen molar-refractivity contribution in [3.63, 3.8) is 0 Å². The number of halogens is 1. The summed E-state index contributed by atoms with van der Waals surface area (Å²) < 4.78 is 0.772. The average molecular weight is 355 g/mol. The number of carbonyl (C=O) groups is 2. The minimum absolute atomic E-state index is 0.0565. The molecule has 0 bridgehead atoms. The molecule has 0 aromatic heterocycles. The van der Waals surface area contributed by atoms with E-state index < -0.39 is 12.0 Å². The number of benzene rings is 1. The molecule has 0 unspecified atom stereocenters. The van der Waals surface area contributed by atoms with Gasteiger partial charge < -0.3 is 20.1 Å². The van der Waals surface area contributed by atoms with E-state index in [1.807, 2.05) is 18.2 Å². The molecule has 0 aliphatic carbocycles. The third-order valence-electron chi connectivity index (χ3n) is 3.81. The fourth-order valence-corrected chi connectivity index (χ4v) is 3.08. The van der Waals surface area contributed by atoms with Crippen LogP contribution in [0.15, 0.2) is 28.7 Å². The normalized spacial score (nSPS) is 17.2. The Balaban J connectivity index is 1.98. The van der Waals surface area contributed by atoms with E-state index in [2.05, 4.69) is 21.2 Å². The highest BCUT2D eigenvalue weighted by Gasteiger charge is 2.28. The van der Waals surface area contributed by atoms with Crippen molar-refractivity contribution < 1.29 is 19.6 Å². The molecule has 2 N–H and O–H groups in total. The molecule has 6 heteroatoms. The Morgan fingerprint density at radius 1 is 1.24 bits per heavy atom. The number of carbonyl (C=O) groups excluding carboxylic acids is 2. The number of likely N-dealkylation sites (tertiary alicyclic amines) is 1. The largest absolute Gasteiger partial charge is 0.544 e. The first-order valence-electron chi connectivity index (χ1n) is 7.17. The van der Waals surface area contributed by atoms with Crippen LogP contribution < -0.4 is 15.3 Å². The van der Waals surface area contributed by atoms with E-state index in [1.54, 1.807) is 6.07 Å². The number of quaternary nitrogens is 1. The fourth-order valence-electron chi connectivity index (χ4n) is 2.70. The van der Waals surface area contributed by atoms with Crippen molar-refractivity contribution in [2.75, 3.05) is 18.4 Å². The quantitative estimate of drug-likeness (QED) is 0.779. The van der Waals surface area contributed by atoms with E-state index in [0.29, 0.717) is 5.69 Å². The molecule has 21 heavy (non-hydrogen) atoms. The maximum atomic E-state index is 12.1. The van der Waals surface area contributed by atoms with Crippen LogP contribution in [0.3, 0.4) is 0 Å². The molecule has 1 saturated heterocycles. The molecule has 1 aromatic carbocycles. The standard InChI is InChI=1S/C15H19BrN2O3/c16-11-6-2-3-7-12(11)17-14(19)10-13(15(20)21)18-8-4-1-5-9-18/h2-3,6-7,13H,1,4-5,8-10H2,(H,17,19)(H,20,21)/t13-/m0/s1. The number of hydrogen-bond donors (Lipinski definition) is 2. The molecule has 1 heterocycles. The summed E-state index contributed by atoms with van der Waals surface area (Å²) in [6.45, 7) is 1.59. The zero-order valence-electron chi connectivity index (χ0n) is 11.7. The zero-order chi connectivity index (χ0) is 15.2. The maximum absolute atomic E-state index is 12.1. The van der Waals surface area contributed by atoms with Crippen molar-refractivity contribution in [1.82, 2.24) is 0 Å². The molecule has 1 aliphatic rings. The molecule has 5 nitrogen and oxygen atoms in total. The minimum Gasteiger partial charge on any atom is -0.544 e. The molecule has 1 aromatic rings. The highest BCUT2D eigenvalue weighted by Crippen LogP contribution is 2.21. The number of carboxylic acids is 1. The molecular formula is C15H19BrN2O3. The van der Waals surface area contributed by atoms with Crippen molar-refractivity contribution in [3.8, 4) is 0 Å². The first-order valence-corrected chi connectivity index (χ1v) is 7.97. The Kier molecular flexibility index (Phi) is 5.76. The van der Waals surface area contributed by atoms with Gasteiger partial charge >= 0.3 is 0 Å². The van der Waals surface area contributed by atoms with Gasteiger partial charge in [0.1, 0.15) is 6.04 Å². The second-order valence-corrected chi connectivity index (χ2v) is 6.18. The predicted molar refractivity (Wildman–Crippen MR) is 80.7 cm³/mol. The van der Waals surface area contributed by atoms with E-state index in [9.17, 15) is 14.7 Å². The molecule has 0 radical (unpaired) electrons. The van der Waals surface area contributed by atoms with Crippen LogP contribution in [0.1, 0.15) is 25.7 Å². The van der Waals surface area contributed by atoms with Crippen molar-refractivity contribution in [2.45, 2.75) is 31.7 Å². The van der Waals surface area contributed by atoms with Crippen LogP contribution in [0, 0.1) is 0 Å². The van der Waals surface area contributed by atoms with Crippen LogP contribution in [0.4, 0.5) is 5.69 Å². The van der Waals surface area contributed by atoms with Gasteiger partial charge in [-0.05, 0) is 47.3 Å². The summed E-state index contributed by atoms with van der Waals surface area (Å²) in [5.41, 5.74) is 0.647. The lowest BCUT2D eigenvalue weighted by Crippen LogP contribution is -3.18. The van der Waals surface area contributed by atoms with E-state index in [4.69, 9.17) is 0 Å². The number of piperidine rings is 1. The Morgan fingerprint density at radius 2 is 1.90 bits per heavy atom. The number of nitrogens with one attached hydrogen (secondary N) is 2. The Bertz CT molecular complexity index is 515. The molecule has 1 aliphatic heterocycles. The second-order valence-electron chi connectivity index (χ2n) is 5.32. The van der Waals surface area contributed by atoms with Gasteiger partial charge in [0.25, 0.3) is 0 Å². The molecule has 0 spiro atoms. The number of para-hydroxylation sites is 1. The van der Waals surface area contributed by atoms with Crippen LogP contribution in [0.25, 0.3) is 0 Å². The summed E-state index contributed by atoms with van der Waals surface area (Å²) in [5, 5.41) is 14.1. The third-order valence-corrected chi connectivity index (χ3v) is 4.50. The summed E-state index contributed by atoms with van der Waals surface area (Å²) in [6.07, 6.45) is 3.08. The summed E-state index contributed by atoms with van der Waals surface area (Å²) >= 11 is 3.35. The van der Waals surface area contributed by atoms with Gasteiger partial charge in [0.05, 0.1) is 31.2 Å². The number of carboxylic acid groups (broad SMARTS) is 1. The van der Waals surface area contributed by atoms with Gasteiger partial charge in [-0.2, -0.15) is 0 Å². The lowest BCUT2D eigenvalue weighted by Gasteiger charge is -2.31. The molecule has 114 valence electrons. The average Bonchev–Trinajstić information content (AvgIpc) is 2.48. The van der Waals surface area contributed by atoms with E-state index in [1.165, 1.54) is 0 Å². The topological polar surface area (TPSA) is 73.7 Å². The third kappa shape index (κ3) is 4.54. The Hall–Kier alpha value is -1.40.